The molecule has 1 aliphatic carbocycles. The highest BCUT2D eigenvalue weighted by Gasteiger charge is 2.49. The van der Waals surface area contributed by atoms with Gasteiger partial charge in [0.15, 0.2) is 0 Å². The number of ketones is 1. The van der Waals surface area contributed by atoms with E-state index >= 15 is 0 Å². The van der Waals surface area contributed by atoms with Gasteiger partial charge in [0.25, 0.3) is 11.7 Å². The van der Waals surface area contributed by atoms with Gasteiger partial charge in [-0.3, -0.25) is 14.6 Å². The van der Waals surface area contributed by atoms with Crippen molar-refractivity contribution >= 4 is 33.4 Å². The summed E-state index contributed by atoms with van der Waals surface area (Å²) >= 11 is 3.37. The van der Waals surface area contributed by atoms with Crippen LogP contribution in [0.5, 0.6) is 0 Å². The summed E-state index contributed by atoms with van der Waals surface area (Å²) in [7, 11) is 0. The van der Waals surface area contributed by atoms with Crippen molar-refractivity contribution in [2.24, 2.45) is 0 Å². The zero-order valence-corrected chi connectivity index (χ0v) is 16.9. The molecule has 0 spiro atoms. The van der Waals surface area contributed by atoms with Gasteiger partial charge < -0.3 is 10.0 Å². The number of aromatic nitrogens is 1. The average Bonchev–Trinajstić information content (AvgIpc) is 3.00. The van der Waals surface area contributed by atoms with Gasteiger partial charge >= 0.3 is 0 Å². The Balaban J connectivity index is 1.85. The Bertz CT molecular complexity index is 919. The monoisotopic (exact) mass is 440 g/mol. The third kappa shape index (κ3) is 3.37. The molecule has 1 unspecified atom stereocenters. The van der Waals surface area contributed by atoms with E-state index in [1.807, 2.05) is 6.07 Å². The first-order valence-corrected chi connectivity index (χ1v) is 10.3. The van der Waals surface area contributed by atoms with Gasteiger partial charge in [-0.05, 0) is 37.1 Å². The number of hydrogen-bond acceptors (Lipinski definition) is 4. The summed E-state index contributed by atoms with van der Waals surface area (Å²) in [6.07, 6.45) is 6.61. The molecule has 0 bridgehead atoms. The number of carbonyl (C=O) groups excluding carboxylic acids is 2. The number of benzene rings is 1. The van der Waals surface area contributed by atoms with E-state index in [1.54, 1.807) is 47.5 Å². The molecule has 1 atom stereocenters. The lowest BCUT2D eigenvalue weighted by Gasteiger charge is -2.35. The number of halogens is 1. The van der Waals surface area contributed by atoms with Crippen molar-refractivity contribution in [2.75, 3.05) is 0 Å². The second kappa shape index (κ2) is 7.87. The lowest BCUT2D eigenvalue weighted by molar-refractivity contribution is -0.141. The van der Waals surface area contributed by atoms with E-state index < -0.39 is 17.7 Å². The Labute approximate surface area is 172 Å². The molecule has 1 aliphatic heterocycles. The first-order chi connectivity index (χ1) is 13.6. The fourth-order valence-corrected chi connectivity index (χ4v) is 4.44. The fourth-order valence-electron chi connectivity index (χ4n) is 4.18. The molecule has 2 fully saturated rings. The molecule has 1 aromatic heterocycles. The van der Waals surface area contributed by atoms with Gasteiger partial charge in [-0.2, -0.15) is 0 Å². The highest BCUT2D eigenvalue weighted by Crippen LogP contribution is 2.42. The van der Waals surface area contributed by atoms with E-state index in [1.165, 1.54) is 0 Å². The fraction of sp³-hybridized carbons (Fsp3) is 0.318. The van der Waals surface area contributed by atoms with Crippen LogP contribution in [0, 0.1) is 0 Å². The minimum Gasteiger partial charge on any atom is -0.507 e. The van der Waals surface area contributed by atoms with Crippen LogP contribution in [0.15, 0.2) is 58.7 Å². The Morgan fingerprint density at radius 2 is 1.75 bits per heavy atom. The highest BCUT2D eigenvalue weighted by molar-refractivity contribution is 9.10. The normalized spacial score (nSPS) is 22.6. The van der Waals surface area contributed by atoms with Crippen molar-refractivity contribution in [3.63, 3.8) is 0 Å². The Kier molecular flexibility index (Phi) is 5.31. The summed E-state index contributed by atoms with van der Waals surface area (Å²) in [4.78, 5) is 32.0. The van der Waals surface area contributed by atoms with E-state index in [9.17, 15) is 14.7 Å². The number of Topliss-reactive ketones (excluding diaryl/α,β-unsaturated/α-hetero) is 1. The molecule has 28 heavy (non-hydrogen) atoms. The lowest BCUT2D eigenvalue weighted by Crippen LogP contribution is -2.40. The summed E-state index contributed by atoms with van der Waals surface area (Å²) in [6, 6.07) is 11.8. The Morgan fingerprint density at radius 3 is 2.39 bits per heavy atom. The van der Waals surface area contributed by atoms with Crippen LogP contribution < -0.4 is 0 Å². The van der Waals surface area contributed by atoms with Gasteiger partial charge in [-0.25, -0.2) is 0 Å². The van der Waals surface area contributed by atoms with E-state index in [0.29, 0.717) is 11.3 Å². The zero-order chi connectivity index (χ0) is 19.7. The molecule has 2 aliphatic rings. The molecule has 1 aromatic carbocycles. The van der Waals surface area contributed by atoms with Crippen LogP contribution in [0.25, 0.3) is 5.76 Å². The first kappa shape index (κ1) is 18.9. The van der Waals surface area contributed by atoms with E-state index in [-0.39, 0.29) is 17.4 Å². The molecule has 4 rings (SSSR count). The number of amides is 1. The molecule has 0 radical (unpaired) electrons. The van der Waals surface area contributed by atoms with Crippen molar-refractivity contribution < 1.29 is 14.7 Å². The molecular weight excluding hydrogens is 420 g/mol. The summed E-state index contributed by atoms with van der Waals surface area (Å²) in [5.74, 6) is -1.33. The second-order valence-corrected chi connectivity index (χ2v) is 8.18. The van der Waals surface area contributed by atoms with Gasteiger partial charge in [-0.15, -0.1) is 0 Å². The molecule has 5 nitrogen and oxygen atoms in total. The van der Waals surface area contributed by atoms with Gasteiger partial charge in [0, 0.05) is 22.3 Å². The largest absolute Gasteiger partial charge is 0.507 e. The van der Waals surface area contributed by atoms with Crippen LogP contribution in [0.3, 0.4) is 0 Å². The van der Waals surface area contributed by atoms with Gasteiger partial charge in [0.05, 0.1) is 11.3 Å². The van der Waals surface area contributed by atoms with E-state index in [0.717, 1.165) is 36.6 Å². The number of nitrogens with zero attached hydrogens (tertiary/aromatic N) is 2. The maximum absolute atomic E-state index is 13.0. The molecule has 1 saturated heterocycles. The highest BCUT2D eigenvalue weighted by atomic mass is 79.9. The molecular formula is C22H21BrN2O3. The van der Waals surface area contributed by atoms with Crippen LogP contribution in [-0.2, 0) is 9.59 Å². The first-order valence-electron chi connectivity index (χ1n) is 9.55. The van der Waals surface area contributed by atoms with E-state index in [4.69, 9.17) is 0 Å². The molecule has 144 valence electrons. The molecule has 1 amide bonds. The number of likely N-dealkylation sites (tertiary alicyclic amines) is 1. The van der Waals surface area contributed by atoms with Crippen LogP contribution >= 0.6 is 15.9 Å². The molecule has 1 N–H and O–H groups in total. The maximum atomic E-state index is 13.0. The number of aliphatic hydroxyl groups excluding tert-OH is 1. The second-order valence-electron chi connectivity index (χ2n) is 7.26. The van der Waals surface area contributed by atoms with Crippen molar-refractivity contribution in [1.82, 2.24) is 9.88 Å². The van der Waals surface area contributed by atoms with Crippen LogP contribution in [0.2, 0.25) is 0 Å². The number of pyridine rings is 1. The smallest absolute Gasteiger partial charge is 0.295 e. The summed E-state index contributed by atoms with van der Waals surface area (Å²) in [5.41, 5.74) is 1.23. The van der Waals surface area contributed by atoms with Gasteiger partial charge in [-0.1, -0.05) is 53.4 Å². The third-order valence-corrected chi connectivity index (χ3v) is 6.06. The predicted molar refractivity (Wildman–Crippen MR) is 109 cm³/mol. The lowest BCUT2D eigenvalue weighted by atomic mass is 9.92. The quantitative estimate of drug-likeness (QED) is 0.430. The van der Waals surface area contributed by atoms with Crippen LogP contribution in [-0.4, -0.2) is 32.7 Å². The summed E-state index contributed by atoms with van der Waals surface area (Å²) < 4.78 is 0.869. The standard InChI is InChI=1S/C22H21BrN2O3/c23-15-11-9-14(10-12-15)20(26)18-19(17-8-4-5-13-24-17)25(22(28)21(18)27)16-6-2-1-3-7-16/h4-5,8-13,16,19,26H,1-3,6-7H2/b20-18-. The number of hydrogen-bond donors (Lipinski definition) is 1. The van der Waals surface area contributed by atoms with E-state index in [2.05, 4.69) is 20.9 Å². The zero-order valence-electron chi connectivity index (χ0n) is 15.3. The van der Waals surface area contributed by atoms with Crippen molar-refractivity contribution in [1.29, 1.82) is 0 Å². The predicted octanol–water partition coefficient (Wildman–Crippen LogP) is 4.60. The molecule has 2 aromatic rings. The molecule has 1 saturated carbocycles. The summed E-state index contributed by atoms with van der Waals surface area (Å²) in [5, 5.41) is 11.0. The number of rotatable bonds is 3. The third-order valence-electron chi connectivity index (χ3n) is 5.53. The van der Waals surface area contributed by atoms with Crippen molar-refractivity contribution in [3.8, 4) is 0 Å². The maximum Gasteiger partial charge on any atom is 0.295 e. The van der Waals surface area contributed by atoms with Crippen molar-refractivity contribution in [2.45, 2.75) is 44.2 Å². The average molecular weight is 441 g/mol. The van der Waals surface area contributed by atoms with Crippen LogP contribution in [0.4, 0.5) is 0 Å². The minimum atomic E-state index is -0.659. The Morgan fingerprint density at radius 1 is 1.04 bits per heavy atom. The number of carbonyl (C=O) groups is 2. The van der Waals surface area contributed by atoms with Crippen LogP contribution in [0.1, 0.15) is 49.4 Å². The minimum absolute atomic E-state index is 0.00701. The molecule has 2 heterocycles. The Hall–Kier alpha value is -2.47. The van der Waals surface area contributed by atoms with Crippen molar-refractivity contribution in [3.05, 3.63) is 70.0 Å². The summed E-state index contributed by atoms with van der Waals surface area (Å²) in [6.45, 7) is 0. The topological polar surface area (TPSA) is 70.5 Å². The molecule has 6 heteroatoms. The van der Waals surface area contributed by atoms with Gasteiger partial charge in [0.2, 0.25) is 0 Å². The SMILES string of the molecule is O=C1C(=O)N(C2CCCCC2)C(c2ccccn2)/C1=C(/O)c1ccc(Br)cc1. The van der Waals surface area contributed by atoms with Gasteiger partial charge in [0.1, 0.15) is 11.8 Å². The number of aliphatic hydroxyl groups is 1.